The average Bonchev–Trinajstić information content (AvgIpc) is 2.97. The minimum atomic E-state index is 0.521. The Balaban J connectivity index is 2.34. The second-order valence-electron chi connectivity index (χ2n) is 6.67. The number of thioether (sulfide) groups is 3. The lowest BCUT2D eigenvalue weighted by molar-refractivity contribution is 0.645. The maximum absolute atomic E-state index is 6.28. The van der Waals surface area contributed by atoms with Gasteiger partial charge >= 0.3 is 0 Å². The Morgan fingerprint density at radius 3 is 2.00 bits per heavy atom. The summed E-state index contributed by atoms with van der Waals surface area (Å²) in [4.78, 5) is 2.68. The molecule has 0 amide bonds. The Kier molecular flexibility index (Phi) is 5.52. The van der Waals surface area contributed by atoms with Gasteiger partial charge in [-0.15, -0.1) is 35.3 Å². The molecule has 0 bridgehead atoms. The highest BCUT2D eigenvalue weighted by molar-refractivity contribution is 8.04. The maximum Gasteiger partial charge on any atom is 0.220 e. The highest BCUT2D eigenvalue weighted by Crippen LogP contribution is 2.48. The number of hydrogen-bond acceptors (Lipinski definition) is 4. The van der Waals surface area contributed by atoms with Crippen LogP contribution in [0.15, 0.2) is 43.5 Å². The molecule has 1 aromatic carbocycles. The molecule has 3 aromatic rings. The van der Waals surface area contributed by atoms with E-state index in [2.05, 4.69) is 64.1 Å². The molecule has 130 valence electrons. The molecule has 0 saturated carbocycles. The Bertz CT molecular complexity index is 845. The molecule has 0 fully saturated rings. The van der Waals surface area contributed by atoms with Crippen LogP contribution in [0.4, 0.5) is 0 Å². The lowest BCUT2D eigenvalue weighted by Crippen LogP contribution is -1.94. The first kappa shape index (κ1) is 18.2. The van der Waals surface area contributed by atoms with E-state index in [1.54, 1.807) is 0 Å². The predicted molar refractivity (Wildman–Crippen MR) is 110 cm³/mol. The van der Waals surface area contributed by atoms with Gasteiger partial charge in [0.2, 0.25) is 5.71 Å². The van der Waals surface area contributed by atoms with Crippen LogP contribution in [0.3, 0.4) is 0 Å². The van der Waals surface area contributed by atoms with Crippen molar-refractivity contribution in [1.82, 2.24) is 4.40 Å². The minimum absolute atomic E-state index is 0.521. The number of aromatic nitrogens is 1. The van der Waals surface area contributed by atoms with E-state index in [0.717, 1.165) is 16.8 Å². The predicted octanol–water partition coefficient (Wildman–Crippen LogP) is 7.19. The summed E-state index contributed by atoms with van der Waals surface area (Å²) in [7, 11) is 0. The lowest BCUT2D eigenvalue weighted by atomic mass is 10.3. The van der Waals surface area contributed by atoms with Gasteiger partial charge < -0.3 is 4.42 Å². The third kappa shape index (κ3) is 3.49. The quantitative estimate of drug-likeness (QED) is 0.421. The first-order valence-corrected chi connectivity index (χ1v) is 11.1. The van der Waals surface area contributed by atoms with Gasteiger partial charge in [-0.2, -0.15) is 0 Å². The molecule has 3 rings (SSSR count). The van der Waals surface area contributed by atoms with Crippen molar-refractivity contribution in [2.45, 2.75) is 72.1 Å². The topological polar surface area (TPSA) is 17.6 Å². The third-order valence-corrected chi connectivity index (χ3v) is 6.90. The molecule has 0 aliphatic rings. The molecule has 0 spiro atoms. The molecule has 0 atom stereocenters. The van der Waals surface area contributed by atoms with Gasteiger partial charge in [0.15, 0.2) is 5.58 Å². The Morgan fingerprint density at radius 1 is 0.792 bits per heavy atom. The van der Waals surface area contributed by atoms with Crippen LogP contribution in [0.25, 0.3) is 16.8 Å². The molecule has 0 radical (unpaired) electrons. The largest absolute Gasteiger partial charge is 0.437 e. The van der Waals surface area contributed by atoms with Crippen LogP contribution in [0.2, 0.25) is 0 Å². The van der Waals surface area contributed by atoms with Gasteiger partial charge in [-0.3, -0.25) is 4.40 Å². The number of oxazole rings is 1. The fraction of sp³-hybridized carbons (Fsp3) is 0.474. The summed E-state index contributed by atoms with van der Waals surface area (Å²) >= 11 is 5.80. The van der Waals surface area contributed by atoms with Gasteiger partial charge in [-0.1, -0.05) is 53.7 Å². The minimum Gasteiger partial charge on any atom is -0.437 e. The number of fused-ring (bicyclic) bond motifs is 3. The van der Waals surface area contributed by atoms with E-state index in [4.69, 9.17) is 4.42 Å². The molecule has 0 aliphatic heterocycles. The van der Waals surface area contributed by atoms with Crippen molar-refractivity contribution >= 4 is 52.1 Å². The van der Waals surface area contributed by atoms with Crippen LogP contribution in [0.5, 0.6) is 0 Å². The number of para-hydroxylation sites is 2. The van der Waals surface area contributed by atoms with Crippen molar-refractivity contribution in [2.24, 2.45) is 0 Å². The van der Waals surface area contributed by atoms with Crippen LogP contribution in [-0.2, 0) is 0 Å². The second-order valence-corrected chi connectivity index (χ2v) is 11.4. The van der Waals surface area contributed by atoms with E-state index >= 15 is 0 Å². The smallest absolute Gasteiger partial charge is 0.220 e. The van der Waals surface area contributed by atoms with Gasteiger partial charge in [-0.25, -0.2) is 0 Å². The second kappa shape index (κ2) is 7.30. The lowest BCUT2D eigenvalue weighted by Gasteiger charge is -2.12. The normalized spacial score (nSPS) is 12.5. The summed E-state index contributed by atoms with van der Waals surface area (Å²) in [6.07, 6.45) is 0. The van der Waals surface area contributed by atoms with Crippen LogP contribution < -0.4 is 0 Å². The number of nitrogens with zero attached hydrogens (tertiary/aromatic N) is 1. The van der Waals surface area contributed by atoms with Crippen molar-refractivity contribution in [3.63, 3.8) is 0 Å². The van der Waals surface area contributed by atoms with E-state index in [1.807, 2.05) is 41.4 Å². The van der Waals surface area contributed by atoms with E-state index in [1.165, 1.54) is 14.8 Å². The first-order valence-electron chi connectivity index (χ1n) is 8.44. The highest BCUT2D eigenvalue weighted by Gasteiger charge is 2.26. The van der Waals surface area contributed by atoms with Crippen molar-refractivity contribution in [3.05, 3.63) is 24.3 Å². The van der Waals surface area contributed by atoms with Gasteiger partial charge in [-0.05, 0) is 12.1 Å². The molecule has 0 unspecified atom stereocenters. The summed E-state index contributed by atoms with van der Waals surface area (Å²) < 4.78 is 8.61. The molecule has 0 saturated heterocycles. The average molecular weight is 380 g/mol. The standard InChI is InChI=1S/C19H25NOS3/c1-11(2)22-16-17(23-12(3)4)19(24-13(5)6)20-14-9-7-8-10-15(14)21-18(16)20/h7-13H,1-6H3. The van der Waals surface area contributed by atoms with E-state index in [-0.39, 0.29) is 0 Å². The fourth-order valence-electron chi connectivity index (χ4n) is 2.64. The third-order valence-electron chi connectivity index (χ3n) is 3.37. The van der Waals surface area contributed by atoms with Crippen LogP contribution in [0, 0.1) is 0 Å². The summed E-state index contributed by atoms with van der Waals surface area (Å²) in [5.74, 6) is 0. The SMILES string of the molecule is CC(C)Sc1c(SC(C)C)c2oc3ccccc3n2c1SC(C)C. The zero-order chi connectivity index (χ0) is 17.4. The van der Waals surface area contributed by atoms with Crippen molar-refractivity contribution in [2.75, 3.05) is 0 Å². The Hall–Kier alpha value is -0.650. The number of benzene rings is 1. The summed E-state index contributed by atoms with van der Waals surface area (Å²) in [5.41, 5.74) is 3.13. The summed E-state index contributed by atoms with van der Waals surface area (Å²) in [6.45, 7) is 13.5. The zero-order valence-electron chi connectivity index (χ0n) is 15.1. The summed E-state index contributed by atoms with van der Waals surface area (Å²) in [5, 5.41) is 2.92. The molecule has 0 N–H and O–H groups in total. The van der Waals surface area contributed by atoms with E-state index in [0.29, 0.717) is 15.7 Å². The van der Waals surface area contributed by atoms with Gasteiger partial charge in [0, 0.05) is 15.7 Å². The van der Waals surface area contributed by atoms with Crippen LogP contribution >= 0.6 is 35.3 Å². The van der Waals surface area contributed by atoms with Gasteiger partial charge in [0.05, 0.1) is 20.3 Å². The monoisotopic (exact) mass is 379 g/mol. The molecular weight excluding hydrogens is 354 g/mol. The van der Waals surface area contributed by atoms with Crippen LogP contribution in [0.1, 0.15) is 41.5 Å². The zero-order valence-corrected chi connectivity index (χ0v) is 17.6. The van der Waals surface area contributed by atoms with E-state index < -0.39 is 0 Å². The Morgan fingerprint density at radius 2 is 1.38 bits per heavy atom. The first-order chi connectivity index (χ1) is 11.4. The van der Waals surface area contributed by atoms with Gasteiger partial charge in [0.1, 0.15) is 0 Å². The van der Waals surface area contributed by atoms with Crippen LogP contribution in [-0.4, -0.2) is 20.2 Å². The summed E-state index contributed by atoms with van der Waals surface area (Å²) in [6, 6.07) is 8.35. The fourth-order valence-corrected chi connectivity index (χ4v) is 5.99. The molecule has 5 heteroatoms. The maximum atomic E-state index is 6.28. The van der Waals surface area contributed by atoms with Gasteiger partial charge in [0.25, 0.3) is 0 Å². The molecule has 24 heavy (non-hydrogen) atoms. The molecule has 2 heterocycles. The molecule has 2 nitrogen and oxygen atoms in total. The highest BCUT2D eigenvalue weighted by atomic mass is 32.2. The van der Waals surface area contributed by atoms with E-state index in [9.17, 15) is 0 Å². The Labute approximate surface area is 157 Å². The molecule has 0 aliphatic carbocycles. The van der Waals surface area contributed by atoms with Crippen molar-refractivity contribution < 1.29 is 4.42 Å². The van der Waals surface area contributed by atoms with Crippen molar-refractivity contribution in [3.8, 4) is 0 Å². The van der Waals surface area contributed by atoms with Crippen molar-refractivity contribution in [1.29, 1.82) is 0 Å². The number of hydrogen-bond donors (Lipinski definition) is 0. The molecule has 2 aromatic heterocycles. The molecular formula is C19H25NOS3. The number of rotatable bonds is 6.